The maximum absolute atomic E-state index is 12.0. The zero-order chi connectivity index (χ0) is 18.2. The van der Waals surface area contributed by atoms with Crippen LogP contribution in [0.15, 0.2) is 53.6 Å². The fourth-order valence-corrected chi connectivity index (χ4v) is 2.40. The second-order valence-corrected chi connectivity index (χ2v) is 5.98. The van der Waals surface area contributed by atoms with Gasteiger partial charge in [0.1, 0.15) is 11.5 Å². The van der Waals surface area contributed by atoms with Crippen molar-refractivity contribution in [3.05, 3.63) is 59.7 Å². The number of phenolic OH excluding ortho intramolecular Hbond substituents is 1. The van der Waals surface area contributed by atoms with Gasteiger partial charge in [-0.25, -0.2) is 5.43 Å². The molecule has 132 valence electrons. The second kappa shape index (κ2) is 8.87. The Balaban J connectivity index is 1.97. The summed E-state index contributed by atoms with van der Waals surface area (Å²) in [6.07, 6.45) is 0.655. The van der Waals surface area contributed by atoms with Crippen molar-refractivity contribution in [3.63, 3.8) is 0 Å². The summed E-state index contributed by atoms with van der Waals surface area (Å²) >= 11 is 0. The molecule has 0 aliphatic rings. The first-order valence-corrected chi connectivity index (χ1v) is 8.37. The molecule has 0 aliphatic carbocycles. The van der Waals surface area contributed by atoms with Gasteiger partial charge in [0, 0.05) is 0 Å². The van der Waals surface area contributed by atoms with Gasteiger partial charge < -0.3 is 9.84 Å². The van der Waals surface area contributed by atoms with Gasteiger partial charge in [0.15, 0.2) is 6.61 Å². The van der Waals surface area contributed by atoms with Crippen LogP contribution in [-0.4, -0.2) is 23.3 Å². The molecule has 0 saturated heterocycles. The number of nitrogens with one attached hydrogen (secondary N) is 1. The molecule has 0 bridgehead atoms. The Kier molecular flexibility index (Phi) is 6.57. The highest BCUT2D eigenvalue weighted by Gasteiger charge is 2.09. The highest BCUT2D eigenvalue weighted by molar-refractivity contribution is 6.01. The number of phenols is 1. The number of ether oxygens (including phenoxy) is 1. The lowest BCUT2D eigenvalue weighted by molar-refractivity contribution is -0.123. The van der Waals surface area contributed by atoms with E-state index in [0.717, 1.165) is 16.8 Å². The SMILES string of the molecule is CCC(=NNC(=O)COc1ccccc1C(C)C)c1ccc(O)cc1. The molecule has 2 aromatic rings. The van der Waals surface area contributed by atoms with Crippen LogP contribution in [0.4, 0.5) is 0 Å². The van der Waals surface area contributed by atoms with Crippen LogP contribution in [0.2, 0.25) is 0 Å². The van der Waals surface area contributed by atoms with Crippen molar-refractivity contribution in [3.8, 4) is 11.5 Å². The molecule has 0 radical (unpaired) electrons. The van der Waals surface area contributed by atoms with Gasteiger partial charge >= 0.3 is 0 Å². The number of hydrogen-bond donors (Lipinski definition) is 2. The molecule has 0 unspecified atom stereocenters. The van der Waals surface area contributed by atoms with E-state index in [9.17, 15) is 9.90 Å². The molecule has 2 N–H and O–H groups in total. The Morgan fingerprint density at radius 1 is 1.16 bits per heavy atom. The highest BCUT2D eigenvalue weighted by atomic mass is 16.5. The van der Waals surface area contributed by atoms with Gasteiger partial charge in [0.05, 0.1) is 5.71 Å². The van der Waals surface area contributed by atoms with Crippen molar-refractivity contribution in [1.29, 1.82) is 0 Å². The molecule has 2 aromatic carbocycles. The summed E-state index contributed by atoms with van der Waals surface area (Å²) in [6, 6.07) is 14.4. The Morgan fingerprint density at radius 2 is 1.84 bits per heavy atom. The summed E-state index contributed by atoms with van der Waals surface area (Å²) < 4.78 is 5.63. The third-order valence-electron chi connectivity index (χ3n) is 3.75. The van der Waals surface area contributed by atoms with Crippen molar-refractivity contribution >= 4 is 11.6 Å². The molecule has 5 heteroatoms. The lowest BCUT2D eigenvalue weighted by Gasteiger charge is -2.13. The Bertz CT molecular complexity index is 737. The van der Waals surface area contributed by atoms with Gasteiger partial charge in [-0.15, -0.1) is 0 Å². The lowest BCUT2D eigenvalue weighted by atomic mass is 10.0. The van der Waals surface area contributed by atoms with Crippen LogP contribution in [0.1, 0.15) is 44.2 Å². The average Bonchev–Trinajstić information content (AvgIpc) is 2.62. The fourth-order valence-electron chi connectivity index (χ4n) is 2.40. The maximum atomic E-state index is 12.0. The number of aromatic hydroxyl groups is 1. The minimum Gasteiger partial charge on any atom is -0.508 e. The van der Waals surface area contributed by atoms with Crippen LogP contribution >= 0.6 is 0 Å². The first-order chi connectivity index (χ1) is 12.0. The first-order valence-electron chi connectivity index (χ1n) is 8.37. The van der Waals surface area contributed by atoms with E-state index in [1.807, 2.05) is 31.2 Å². The standard InChI is InChI=1S/C20H24N2O3/c1-4-18(15-9-11-16(23)12-10-15)21-22-20(24)13-25-19-8-6-5-7-17(19)14(2)3/h5-12,14,23H,4,13H2,1-3H3,(H,22,24). The van der Waals surface area contributed by atoms with Crippen molar-refractivity contribution in [2.45, 2.75) is 33.1 Å². The molecule has 0 fully saturated rings. The molecular formula is C20H24N2O3. The number of amides is 1. The molecule has 0 atom stereocenters. The molecule has 2 rings (SSSR count). The van der Waals surface area contributed by atoms with Crippen molar-refractivity contribution in [2.24, 2.45) is 5.10 Å². The summed E-state index contributed by atoms with van der Waals surface area (Å²) in [5, 5.41) is 13.5. The molecule has 0 aliphatic heterocycles. The Labute approximate surface area is 148 Å². The topological polar surface area (TPSA) is 70.9 Å². The molecule has 1 amide bonds. The minimum absolute atomic E-state index is 0.0974. The zero-order valence-corrected chi connectivity index (χ0v) is 14.8. The van der Waals surface area contributed by atoms with Gasteiger partial charge in [0.25, 0.3) is 5.91 Å². The van der Waals surface area contributed by atoms with Crippen molar-refractivity contribution in [1.82, 2.24) is 5.43 Å². The van der Waals surface area contributed by atoms with Crippen LogP contribution in [-0.2, 0) is 4.79 Å². The number of nitrogens with zero attached hydrogens (tertiary/aromatic N) is 1. The van der Waals surface area contributed by atoms with E-state index in [-0.39, 0.29) is 18.3 Å². The summed E-state index contributed by atoms with van der Waals surface area (Å²) in [5.41, 5.74) is 5.18. The summed E-state index contributed by atoms with van der Waals surface area (Å²) in [5.74, 6) is 0.910. The van der Waals surface area contributed by atoms with E-state index in [4.69, 9.17) is 4.74 Å². The lowest BCUT2D eigenvalue weighted by Crippen LogP contribution is -2.26. The second-order valence-electron chi connectivity index (χ2n) is 5.98. The van der Waals surface area contributed by atoms with Crippen LogP contribution in [0, 0.1) is 0 Å². The fraction of sp³-hybridized carbons (Fsp3) is 0.300. The van der Waals surface area contributed by atoms with Crippen LogP contribution in [0.5, 0.6) is 11.5 Å². The largest absolute Gasteiger partial charge is 0.508 e. The first kappa shape index (κ1) is 18.5. The van der Waals surface area contributed by atoms with Gasteiger partial charge in [-0.1, -0.05) is 39.0 Å². The maximum Gasteiger partial charge on any atom is 0.277 e. The molecule has 0 saturated carbocycles. The van der Waals surface area contributed by atoms with Crippen molar-refractivity contribution < 1.29 is 14.6 Å². The molecule has 0 spiro atoms. The third-order valence-corrected chi connectivity index (χ3v) is 3.75. The summed E-state index contributed by atoms with van der Waals surface area (Å²) in [4.78, 5) is 12.0. The number of carbonyl (C=O) groups is 1. The number of rotatable bonds is 7. The van der Waals surface area contributed by atoms with Crippen LogP contribution in [0.25, 0.3) is 0 Å². The van der Waals surface area contributed by atoms with Gasteiger partial charge in [-0.05, 0) is 53.8 Å². The molecule has 25 heavy (non-hydrogen) atoms. The van der Waals surface area contributed by atoms with Gasteiger partial charge in [-0.2, -0.15) is 5.10 Å². The predicted molar refractivity (Wildman–Crippen MR) is 99.1 cm³/mol. The predicted octanol–water partition coefficient (Wildman–Crippen LogP) is 3.82. The monoisotopic (exact) mass is 340 g/mol. The number of para-hydroxylation sites is 1. The van der Waals surface area contributed by atoms with E-state index >= 15 is 0 Å². The summed E-state index contributed by atoms with van der Waals surface area (Å²) in [7, 11) is 0. The van der Waals surface area contributed by atoms with Crippen LogP contribution < -0.4 is 10.2 Å². The minimum atomic E-state index is -0.316. The Morgan fingerprint density at radius 3 is 2.48 bits per heavy atom. The van der Waals surface area contributed by atoms with E-state index < -0.39 is 0 Å². The number of hydrazone groups is 1. The summed E-state index contributed by atoms with van der Waals surface area (Å²) in [6.45, 7) is 6.02. The van der Waals surface area contributed by atoms with E-state index in [1.54, 1.807) is 24.3 Å². The molecular weight excluding hydrogens is 316 g/mol. The van der Waals surface area contributed by atoms with Gasteiger partial charge in [-0.3, -0.25) is 4.79 Å². The number of hydrogen-bond acceptors (Lipinski definition) is 4. The quantitative estimate of drug-likeness (QED) is 0.594. The van der Waals surface area contributed by atoms with E-state index in [1.165, 1.54) is 0 Å². The highest BCUT2D eigenvalue weighted by Crippen LogP contribution is 2.25. The molecule has 0 heterocycles. The van der Waals surface area contributed by atoms with Gasteiger partial charge in [0.2, 0.25) is 0 Å². The smallest absolute Gasteiger partial charge is 0.277 e. The normalized spacial score (nSPS) is 11.4. The Hall–Kier alpha value is -2.82. The van der Waals surface area contributed by atoms with E-state index in [2.05, 4.69) is 24.4 Å². The number of carbonyl (C=O) groups excluding carboxylic acids is 1. The molecule has 5 nitrogen and oxygen atoms in total. The van der Waals surface area contributed by atoms with E-state index in [0.29, 0.717) is 18.1 Å². The third kappa shape index (κ3) is 5.35. The zero-order valence-electron chi connectivity index (χ0n) is 14.8. The average molecular weight is 340 g/mol. The molecule has 0 aromatic heterocycles. The van der Waals surface area contributed by atoms with Crippen LogP contribution in [0.3, 0.4) is 0 Å². The van der Waals surface area contributed by atoms with Crippen molar-refractivity contribution in [2.75, 3.05) is 6.61 Å². The number of benzene rings is 2.